The largest absolute Gasteiger partial charge is 0.478 e. The van der Waals surface area contributed by atoms with E-state index < -0.39 is 5.97 Å². The van der Waals surface area contributed by atoms with E-state index in [1.54, 1.807) is 24.3 Å². The lowest BCUT2D eigenvalue weighted by molar-refractivity contribution is 0.0697. The first-order chi connectivity index (χ1) is 9.20. The van der Waals surface area contributed by atoms with Crippen molar-refractivity contribution in [2.24, 2.45) is 0 Å². The average Bonchev–Trinajstić information content (AvgIpc) is 2.88. The number of hydrogen-bond donors (Lipinski definition) is 2. The number of benzene rings is 1. The molecule has 0 bridgehead atoms. The second-order valence-corrected chi connectivity index (χ2v) is 4.07. The van der Waals surface area contributed by atoms with Crippen molar-refractivity contribution in [1.29, 1.82) is 0 Å². The monoisotopic (exact) mass is 293 g/mol. The molecular weight excluding hydrogens is 278 g/mol. The zero-order valence-corrected chi connectivity index (χ0v) is 11.7. The van der Waals surface area contributed by atoms with Crippen LogP contribution < -0.4 is 5.32 Å². The van der Waals surface area contributed by atoms with Gasteiger partial charge in [-0.05, 0) is 24.3 Å². The molecule has 0 amide bonds. The fourth-order valence-corrected chi connectivity index (χ4v) is 1.73. The molecule has 0 fully saturated rings. The summed E-state index contributed by atoms with van der Waals surface area (Å²) < 4.78 is 5.66. The number of aromatic carboxylic acids is 1. The first-order valence-corrected chi connectivity index (χ1v) is 5.95. The van der Waals surface area contributed by atoms with Crippen LogP contribution in [0.5, 0.6) is 0 Å². The highest BCUT2D eigenvalue weighted by atomic mass is 35.5. The fraction of sp³-hybridized carbons (Fsp3) is 0.133. The Kier molecular flexibility index (Phi) is 6.03. The molecule has 0 spiro atoms. The number of hydrogen-bond acceptors (Lipinski definition) is 3. The van der Waals surface area contributed by atoms with Gasteiger partial charge < -0.3 is 14.8 Å². The van der Waals surface area contributed by atoms with E-state index in [1.807, 2.05) is 18.2 Å². The molecule has 20 heavy (non-hydrogen) atoms. The minimum absolute atomic E-state index is 0. The Morgan fingerprint density at radius 1 is 1.35 bits per heavy atom. The lowest BCUT2D eigenvalue weighted by Gasteiger charge is -2.00. The Bertz CT molecular complexity index is 592. The van der Waals surface area contributed by atoms with E-state index in [9.17, 15) is 4.79 Å². The molecule has 0 unspecified atom stereocenters. The standard InChI is InChI=1S/C15H15NO3.ClH/c1-2-8-16-10-13-6-7-14(19-13)11-4-3-5-12(9-11)15(17)18;/h2-7,9,16H,1,8,10H2,(H,17,18);1H. The summed E-state index contributed by atoms with van der Waals surface area (Å²) in [5.41, 5.74) is 1.01. The van der Waals surface area contributed by atoms with Crippen LogP contribution in [0.1, 0.15) is 16.1 Å². The van der Waals surface area contributed by atoms with Crippen LogP contribution in [-0.2, 0) is 6.54 Å². The van der Waals surface area contributed by atoms with Gasteiger partial charge in [-0.3, -0.25) is 0 Å². The quantitative estimate of drug-likeness (QED) is 0.633. The number of furan rings is 1. The van der Waals surface area contributed by atoms with E-state index >= 15 is 0 Å². The molecule has 2 aromatic rings. The maximum absolute atomic E-state index is 10.9. The normalized spacial score (nSPS) is 9.80. The highest BCUT2D eigenvalue weighted by Gasteiger charge is 2.08. The van der Waals surface area contributed by atoms with Gasteiger partial charge in [0.2, 0.25) is 0 Å². The van der Waals surface area contributed by atoms with Crippen molar-refractivity contribution < 1.29 is 14.3 Å². The number of carbonyl (C=O) groups is 1. The molecule has 2 N–H and O–H groups in total. The van der Waals surface area contributed by atoms with Crippen LogP contribution >= 0.6 is 12.4 Å². The Morgan fingerprint density at radius 3 is 2.85 bits per heavy atom. The molecule has 1 aromatic carbocycles. The summed E-state index contributed by atoms with van der Waals surface area (Å²) in [6, 6.07) is 10.4. The van der Waals surface area contributed by atoms with Gasteiger partial charge in [0.05, 0.1) is 12.1 Å². The summed E-state index contributed by atoms with van der Waals surface area (Å²) in [4.78, 5) is 10.9. The molecule has 0 aliphatic rings. The Morgan fingerprint density at radius 2 is 2.15 bits per heavy atom. The molecule has 0 atom stereocenters. The van der Waals surface area contributed by atoms with Crippen molar-refractivity contribution in [2.75, 3.05) is 6.54 Å². The van der Waals surface area contributed by atoms with Gasteiger partial charge in [-0.15, -0.1) is 19.0 Å². The number of carboxylic acids is 1. The van der Waals surface area contributed by atoms with Crippen molar-refractivity contribution in [3.63, 3.8) is 0 Å². The summed E-state index contributed by atoms with van der Waals surface area (Å²) >= 11 is 0. The summed E-state index contributed by atoms with van der Waals surface area (Å²) in [5, 5.41) is 12.1. The number of rotatable bonds is 6. The Balaban J connectivity index is 0.00000200. The predicted molar refractivity (Wildman–Crippen MR) is 80.3 cm³/mol. The van der Waals surface area contributed by atoms with Crippen LogP contribution in [-0.4, -0.2) is 17.6 Å². The van der Waals surface area contributed by atoms with Gasteiger partial charge >= 0.3 is 5.97 Å². The molecule has 1 aromatic heterocycles. The van der Waals surface area contributed by atoms with E-state index in [0.29, 0.717) is 18.8 Å². The van der Waals surface area contributed by atoms with Gasteiger partial charge in [-0.2, -0.15) is 0 Å². The first-order valence-electron chi connectivity index (χ1n) is 5.95. The van der Waals surface area contributed by atoms with Crippen LogP contribution in [0.4, 0.5) is 0 Å². The molecule has 0 saturated carbocycles. The van der Waals surface area contributed by atoms with Crippen LogP contribution in [0.25, 0.3) is 11.3 Å². The van der Waals surface area contributed by atoms with E-state index in [2.05, 4.69) is 11.9 Å². The smallest absolute Gasteiger partial charge is 0.335 e. The SMILES string of the molecule is C=CCNCc1ccc(-c2cccc(C(=O)O)c2)o1.Cl. The molecule has 0 saturated heterocycles. The highest BCUT2D eigenvalue weighted by molar-refractivity contribution is 5.89. The van der Waals surface area contributed by atoms with Crippen LogP contribution in [0.15, 0.2) is 53.5 Å². The molecule has 106 valence electrons. The second-order valence-electron chi connectivity index (χ2n) is 4.07. The third-order valence-electron chi connectivity index (χ3n) is 2.64. The van der Waals surface area contributed by atoms with Gasteiger partial charge in [-0.1, -0.05) is 18.2 Å². The van der Waals surface area contributed by atoms with E-state index in [-0.39, 0.29) is 18.0 Å². The average molecular weight is 294 g/mol. The molecule has 4 nitrogen and oxygen atoms in total. The number of halogens is 1. The van der Waals surface area contributed by atoms with Crippen LogP contribution in [0.2, 0.25) is 0 Å². The van der Waals surface area contributed by atoms with Gasteiger partial charge in [0, 0.05) is 12.1 Å². The summed E-state index contributed by atoms with van der Waals surface area (Å²) in [5.74, 6) is 0.525. The van der Waals surface area contributed by atoms with Crippen molar-refractivity contribution in [3.05, 3.63) is 60.4 Å². The second kappa shape index (κ2) is 7.53. The van der Waals surface area contributed by atoms with Crippen LogP contribution in [0, 0.1) is 0 Å². The van der Waals surface area contributed by atoms with Crippen molar-refractivity contribution in [3.8, 4) is 11.3 Å². The summed E-state index contributed by atoms with van der Waals surface area (Å²) in [6.45, 7) is 4.95. The lowest BCUT2D eigenvalue weighted by atomic mass is 10.1. The minimum atomic E-state index is -0.943. The highest BCUT2D eigenvalue weighted by Crippen LogP contribution is 2.23. The third-order valence-corrected chi connectivity index (χ3v) is 2.64. The summed E-state index contributed by atoms with van der Waals surface area (Å²) in [6.07, 6.45) is 1.78. The molecular formula is C15H16ClNO3. The van der Waals surface area contributed by atoms with Crippen molar-refractivity contribution in [1.82, 2.24) is 5.32 Å². The first kappa shape index (κ1) is 16.0. The maximum Gasteiger partial charge on any atom is 0.335 e. The van der Waals surface area contributed by atoms with Gasteiger partial charge in [0.25, 0.3) is 0 Å². The van der Waals surface area contributed by atoms with Gasteiger partial charge in [0.1, 0.15) is 11.5 Å². The number of carboxylic acid groups (broad SMARTS) is 1. The molecule has 1 heterocycles. The van der Waals surface area contributed by atoms with Gasteiger partial charge in [-0.25, -0.2) is 4.79 Å². The lowest BCUT2D eigenvalue weighted by Crippen LogP contribution is -2.11. The van der Waals surface area contributed by atoms with Crippen molar-refractivity contribution in [2.45, 2.75) is 6.54 Å². The van der Waals surface area contributed by atoms with Crippen molar-refractivity contribution >= 4 is 18.4 Å². The van der Waals surface area contributed by atoms with Crippen LogP contribution in [0.3, 0.4) is 0 Å². The third kappa shape index (κ3) is 3.98. The minimum Gasteiger partial charge on any atom is -0.478 e. The zero-order chi connectivity index (χ0) is 13.7. The van der Waals surface area contributed by atoms with E-state index in [0.717, 1.165) is 11.3 Å². The van der Waals surface area contributed by atoms with Gasteiger partial charge in [0.15, 0.2) is 0 Å². The molecule has 5 heteroatoms. The zero-order valence-electron chi connectivity index (χ0n) is 10.8. The molecule has 0 aliphatic heterocycles. The Labute approximate surface area is 123 Å². The predicted octanol–water partition coefficient (Wildman–Crippen LogP) is 3.34. The summed E-state index contributed by atoms with van der Waals surface area (Å²) in [7, 11) is 0. The topological polar surface area (TPSA) is 62.5 Å². The molecule has 0 aliphatic carbocycles. The molecule has 2 rings (SSSR count). The Hall–Kier alpha value is -2.04. The van der Waals surface area contributed by atoms with E-state index in [4.69, 9.17) is 9.52 Å². The maximum atomic E-state index is 10.9. The fourth-order valence-electron chi connectivity index (χ4n) is 1.73. The molecule has 0 radical (unpaired) electrons. The van der Waals surface area contributed by atoms with E-state index in [1.165, 1.54) is 0 Å². The number of nitrogens with one attached hydrogen (secondary N) is 1.